The molecule has 0 atom stereocenters. The first-order chi connectivity index (χ1) is 9.22. The van der Waals surface area contributed by atoms with Crippen LogP contribution in [0.4, 0.5) is 5.69 Å². The molecule has 0 bridgehead atoms. The van der Waals surface area contributed by atoms with Crippen LogP contribution in [0.2, 0.25) is 18.1 Å². The Kier molecular flexibility index (Phi) is 4.19. The molecule has 2 rings (SSSR count). The zero-order chi connectivity index (χ0) is 15.0. The lowest BCUT2D eigenvalue weighted by Crippen LogP contribution is -2.44. The van der Waals surface area contributed by atoms with Crippen LogP contribution in [0.5, 0.6) is 5.75 Å². The molecule has 1 aromatic rings. The highest BCUT2D eigenvalue weighted by Crippen LogP contribution is 2.39. The van der Waals surface area contributed by atoms with Gasteiger partial charge in [-0.25, -0.2) is 0 Å². The highest BCUT2D eigenvalue weighted by atomic mass is 28.4. The van der Waals surface area contributed by atoms with Crippen LogP contribution in [0, 0.1) is 6.92 Å². The molecule has 1 heterocycles. The first-order valence-electron chi connectivity index (χ1n) is 7.76. The summed E-state index contributed by atoms with van der Waals surface area (Å²) in [5.74, 6) is 1.08. The number of anilines is 1. The number of hydrogen-bond donors (Lipinski definition) is 0. The summed E-state index contributed by atoms with van der Waals surface area (Å²) in [6.07, 6.45) is 2.62. The Hall–Kier alpha value is -0.963. The van der Waals surface area contributed by atoms with Crippen LogP contribution < -0.4 is 9.33 Å². The van der Waals surface area contributed by atoms with Gasteiger partial charge in [-0.3, -0.25) is 0 Å². The van der Waals surface area contributed by atoms with E-state index in [4.69, 9.17) is 4.43 Å². The maximum absolute atomic E-state index is 6.51. The normalized spacial score (nSPS) is 16.6. The summed E-state index contributed by atoms with van der Waals surface area (Å²) >= 11 is 0. The van der Waals surface area contributed by atoms with Crippen molar-refractivity contribution in [1.29, 1.82) is 0 Å². The molecule has 112 valence electrons. The monoisotopic (exact) mass is 291 g/mol. The Morgan fingerprint density at radius 2 is 1.70 bits per heavy atom. The van der Waals surface area contributed by atoms with Gasteiger partial charge in [0.2, 0.25) is 8.32 Å². The van der Waals surface area contributed by atoms with Crippen molar-refractivity contribution in [2.45, 2.75) is 58.7 Å². The fraction of sp³-hybridized carbons (Fsp3) is 0.647. The van der Waals surface area contributed by atoms with Gasteiger partial charge in [0, 0.05) is 24.3 Å². The Morgan fingerprint density at radius 3 is 2.25 bits per heavy atom. The molecule has 1 aromatic carbocycles. The Labute approximate surface area is 125 Å². The van der Waals surface area contributed by atoms with Crippen LogP contribution in [0.25, 0.3) is 0 Å². The van der Waals surface area contributed by atoms with Gasteiger partial charge in [0.1, 0.15) is 5.75 Å². The summed E-state index contributed by atoms with van der Waals surface area (Å²) in [7, 11) is -1.76. The molecule has 0 amide bonds. The predicted octanol–water partition coefficient (Wildman–Crippen LogP) is 4.98. The van der Waals surface area contributed by atoms with Gasteiger partial charge in [-0.1, -0.05) is 26.8 Å². The van der Waals surface area contributed by atoms with Crippen LogP contribution in [-0.2, 0) is 0 Å². The lowest BCUT2D eigenvalue weighted by atomic mass is 10.1. The predicted molar refractivity (Wildman–Crippen MR) is 90.5 cm³/mol. The molecule has 0 radical (unpaired) electrons. The van der Waals surface area contributed by atoms with Crippen molar-refractivity contribution >= 4 is 14.0 Å². The third-order valence-electron chi connectivity index (χ3n) is 4.87. The molecule has 0 aliphatic carbocycles. The molecule has 1 aliphatic rings. The van der Waals surface area contributed by atoms with Gasteiger partial charge in [0.15, 0.2) is 0 Å². The summed E-state index contributed by atoms with van der Waals surface area (Å²) in [6.45, 7) is 16.1. The molecule has 2 nitrogen and oxygen atoms in total. The molecule has 0 N–H and O–H groups in total. The number of rotatable bonds is 3. The van der Waals surface area contributed by atoms with Crippen molar-refractivity contribution < 1.29 is 4.43 Å². The molecule has 3 heteroatoms. The van der Waals surface area contributed by atoms with E-state index >= 15 is 0 Å². The zero-order valence-corrected chi connectivity index (χ0v) is 14.9. The quantitative estimate of drug-likeness (QED) is 0.728. The summed E-state index contributed by atoms with van der Waals surface area (Å²) < 4.78 is 6.51. The average Bonchev–Trinajstić information content (AvgIpc) is 2.83. The second-order valence-electron chi connectivity index (χ2n) is 7.46. The van der Waals surface area contributed by atoms with Crippen LogP contribution in [0.3, 0.4) is 0 Å². The van der Waals surface area contributed by atoms with Crippen molar-refractivity contribution in [1.82, 2.24) is 0 Å². The van der Waals surface area contributed by atoms with E-state index in [0.717, 1.165) is 5.75 Å². The van der Waals surface area contributed by atoms with Gasteiger partial charge < -0.3 is 9.33 Å². The van der Waals surface area contributed by atoms with Crippen LogP contribution in [-0.4, -0.2) is 21.4 Å². The number of hydrogen-bond acceptors (Lipinski definition) is 2. The molecule has 1 aliphatic heterocycles. The van der Waals surface area contributed by atoms with Crippen molar-refractivity contribution in [2.75, 3.05) is 18.0 Å². The first kappa shape index (κ1) is 15.4. The van der Waals surface area contributed by atoms with E-state index < -0.39 is 8.32 Å². The summed E-state index contributed by atoms with van der Waals surface area (Å²) in [5, 5.41) is 0.239. The zero-order valence-electron chi connectivity index (χ0n) is 13.9. The van der Waals surface area contributed by atoms with Crippen LogP contribution in [0.15, 0.2) is 18.2 Å². The second kappa shape index (κ2) is 5.43. The van der Waals surface area contributed by atoms with Crippen LogP contribution in [0.1, 0.15) is 39.2 Å². The molecule has 1 fully saturated rings. The van der Waals surface area contributed by atoms with Crippen LogP contribution >= 0.6 is 0 Å². The Bertz CT molecular complexity index is 470. The largest absolute Gasteiger partial charge is 0.543 e. The van der Waals surface area contributed by atoms with Crippen molar-refractivity contribution in [3.63, 3.8) is 0 Å². The number of nitrogens with zero attached hydrogens (tertiary/aromatic N) is 1. The van der Waals surface area contributed by atoms with E-state index in [-0.39, 0.29) is 5.04 Å². The fourth-order valence-corrected chi connectivity index (χ4v) is 3.52. The van der Waals surface area contributed by atoms with E-state index in [1.54, 1.807) is 0 Å². The van der Waals surface area contributed by atoms with Crippen molar-refractivity contribution in [3.05, 3.63) is 23.8 Å². The van der Waals surface area contributed by atoms with E-state index in [2.05, 4.69) is 63.9 Å². The van der Waals surface area contributed by atoms with Crippen molar-refractivity contribution in [3.8, 4) is 5.75 Å². The molecule has 20 heavy (non-hydrogen) atoms. The maximum Gasteiger partial charge on any atom is 0.250 e. The summed E-state index contributed by atoms with van der Waals surface area (Å²) in [5.41, 5.74) is 2.66. The van der Waals surface area contributed by atoms with E-state index in [9.17, 15) is 0 Å². The Morgan fingerprint density at radius 1 is 1.10 bits per heavy atom. The topological polar surface area (TPSA) is 12.5 Å². The molecule has 0 unspecified atom stereocenters. The molecular weight excluding hydrogens is 262 g/mol. The first-order valence-corrected chi connectivity index (χ1v) is 10.7. The third-order valence-corrected chi connectivity index (χ3v) is 9.22. The molecule has 0 aromatic heterocycles. The highest BCUT2D eigenvalue weighted by molar-refractivity contribution is 6.74. The van der Waals surface area contributed by atoms with Gasteiger partial charge >= 0.3 is 0 Å². The average molecular weight is 292 g/mol. The summed E-state index contributed by atoms with van der Waals surface area (Å²) in [6, 6.07) is 6.51. The SMILES string of the molecule is Cc1c(O[Si](C)(C)C(C)(C)C)cccc1N1CCCC1. The smallest absolute Gasteiger partial charge is 0.250 e. The van der Waals surface area contributed by atoms with Crippen molar-refractivity contribution in [2.24, 2.45) is 0 Å². The molecular formula is C17H29NOSi. The maximum atomic E-state index is 6.51. The van der Waals surface area contributed by atoms with Gasteiger partial charge in [-0.15, -0.1) is 0 Å². The van der Waals surface area contributed by atoms with E-state index in [1.807, 2.05) is 0 Å². The van der Waals surface area contributed by atoms with Gasteiger partial charge in [0.25, 0.3) is 0 Å². The third kappa shape index (κ3) is 3.03. The standard InChI is InChI=1S/C17H29NOSi/c1-14-15(18-12-7-8-13-18)10-9-11-16(14)19-20(5,6)17(2,3)4/h9-11H,7-8,12-13H2,1-6H3. The van der Waals surface area contributed by atoms with E-state index in [1.165, 1.54) is 37.2 Å². The van der Waals surface area contributed by atoms with Gasteiger partial charge in [-0.2, -0.15) is 0 Å². The van der Waals surface area contributed by atoms with Gasteiger partial charge in [-0.05, 0) is 50.0 Å². The highest BCUT2D eigenvalue weighted by Gasteiger charge is 2.39. The minimum atomic E-state index is -1.76. The lowest BCUT2D eigenvalue weighted by molar-refractivity contribution is 0.489. The molecule has 0 spiro atoms. The molecule has 1 saturated heterocycles. The Balaban J connectivity index is 2.27. The fourth-order valence-electron chi connectivity index (χ4n) is 2.44. The lowest BCUT2D eigenvalue weighted by Gasteiger charge is -2.37. The van der Waals surface area contributed by atoms with Gasteiger partial charge in [0.05, 0.1) is 0 Å². The number of benzene rings is 1. The summed E-state index contributed by atoms with van der Waals surface area (Å²) in [4.78, 5) is 2.49. The van der Waals surface area contributed by atoms with E-state index in [0.29, 0.717) is 0 Å². The molecule has 0 saturated carbocycles. The minimum absolute atomic E-state index is 0.239. The minimum Gasteiger partial charge on any atom is -0.543 e. The second-order valence-corrected chi connectivity index (χ2v) is 12.2.